The van der Waals surface area contributed by atoms with Gasteiger partial charge in [0, 0.05) is 17.5 Å². The minimum absolute atomic E-state index is 0.289. The number of ether oxygens (including phenoxy) is 1. The molecule has 0 amide bonds. The summed E-state index contributed by atoms with van der Waals surface area (Å²) in [4.78, 5) is 0. The summed E-state index contributed by atoms with van der Waals surface area (Å²) in [7, 11) is 1.79. The molecule has 66 valence electrons. The monoisotopic (exact) mass is 228 g/mol. The number of hydrogen-bond donors (Lipinski definition) is 0. The second-order valence-electron chi connectivity index (χ2n) is 3.50. The number of methoxy groups -OCH3 is 1. The fraction of sp³-hybridized carbons (Fsp3) is 0.600. The van der Waals surface area contributed by atoms with Crippen molar-refractivity contribution in [2.45, 2.75) is 18.9 Å². The van der Waals surface area contributed by atoms with E-state index in [9.17, 15) is 0 Å². The summed E-state index contributed by atoms with van der Waals surface area (Å²) in [5, 5.41) is 0. The van der Waals surface area contributed by atoms with Crippen LogP contribution in [0.1, 0.15) is 12.8 Å². The van der Waals surface area contributed by atoms with Gasteiger partial charge in [0.25, 0.3) is 0 Å². The van der Waals surface area contributed by atoms with E-state index in [4.69, 9.17) is 4.74 Å². The molecule has 2 heteroatoms. The highest BCUT2D eigenvalue weighted by atomic mass is 79.9. The maximum Gasteiger partial charge on any atom is 0.0831 e. The Kier molecular flexibility index (Phi) is 2.37. The van der Waals surface area contributed by atoms with Gasteiger partial charge in [-0.05, 0) is 18.8 Å². The van der Waals surface area contributed by atoms with E-state index in [1.54, 1.807) is 7.11 Å². The second kappa shape index (κ2) is 3.35. The first-order valence-corrected chi connectivity index (χ1v) is 5.19. The van der Waals surface area contributed by atoms with Gasteiger partial charge in [-0.3, -0.25) is 0 Å². The Balaban J connectivity index is 2.14. The minimum atomic E-state index is 0.289. The van der Waals surface area contributed by atoms with Crippen molar-refractivity contribution >= 4 is 15.9 Å². The Hall–Kier alpha value is -0.0800. The number of halogens is 1. The van der Waals surface area contributed by atoms with Crippen LogP contribution in [0, 0.1) is 11.8 Å². The summed E-state index contributed by atoms with van der Waals surface area (Å²) < 4.78 is 6.72. The summed E-state index contributed by atoms with van der Waals surface area (Å²) >= 11 is 3.61. The van der Waals surface area contributed by atoms with Gasteiger partial charge in [0.2, 0.25) is 0 Å². The summed E-state index contributed by atoms with van der Waals surface area (Å²) in [5.41, 5.74) is 0. The zero-order valence-electron chi connectivity index (χ0n) is 7.16. The molecule has 0 aromatic rings. The van der Waals surface area contributed by atoms with Crippen LogP contribution in [0.3, 0.4) is 0 Å². The van der Waals surface area contributed by atoms with E-state index in [1.807, 2.05) is 0 Å². The molecular formula is C10H13BrO. The fourth-order valence-corrected chi connectivity index (χ4v) is 2.61. The van der Waals surface area contributed by atoms with Crippen LogP contribution in [0.5, 0.6) is 0 Å². The van der Waals surface area contributed by atoms with E-state index in [-0.39, 0.29) is 6.10 Å². The Morgan fingerprint density at radius 1 is 1.50 bits per heavy atom. The van der Waals surface area contributed by atoms with E-state index < -0.39 is 0 Å². The first kappa shape index (κ1) is 8.52. The highest BCUT2D eigenvalue weighted by molar-refractivity contribution is 9.11. The largest absolute Gasteiger partial charge is 0.377 e. The van der Waals surface area contributed by atoms with E-state index in [2.05, 4.69) is 34.2 Å². The SMILES string of the molecule is COC1C=CC=C(Br)C1C1CC1. The van der Waals surface area contributed by atoms with Crippen molar-refractivity contribution in [3.63, 3.8) is 0 Å². The molecule has 1 nitrogen and oxygen atoms in total. The van der Waals surface area contributed by atoms with Crippen molar-refractivity contribution in [1.29, 1.82) is 0 Å². The second-order valence-corrected chi connectivity index (χ2v) is 4.42. The number of rotatable bonds is 2. The molecule has 0 radical (unpaired) electrons. The third-order valence-corrected chi connectivity index (χ3v) is 3.42. The molecule has 12 heavy (non-hydrogen) atoms. The summed E-state index contributed by atoms with van der Waals surface area (Å²) in [6.07, 6.45) is 9.36. The van der Waals surface area contributed by atoms with Gasteiger partial charge >= 0.3 is 0 Å². The van der Waals surface area contributed by atoms with Gasteiger partial charge in [0.1, 0.15) is 0 Å². The van der Waals surface area contributed by atoms with Crippen LogP contribution >= 0.6 is 15.9 Å². The minimum Gasteiger partial charge on any atom is -0.377 e. The van der Waals surface area contributed by atoms with Crippen molar-refractivity contribution < 1.29 is 4.74 Å². The molecule has 1 saturated carbocycles. The van der Waals surface area contributed by atoms with Crippen LogP contribution < -0.4 is 0 Å². The van der Waals surface area contributed by atoms with E-state index >= 15 is 0 Å². The van der Waals surface area contributed by atoms with Crippen LogP contribution in [-0.4, -0.2) is 13.2 Å². The van der Waals surface area contributed by atoms with Crippen LogP contribution in [0.25, 0.3) is 0 Å². The molecule has 0 spiro atoms. The lowest BCUT2D eigenvalue weighted by Crippen LogP contribution is -2.24. The molecule has 1 fully saturated rings. The van der Waals surface area contributed by atoms with Crippen molar-refractivity contribution in [2.75, 3.05) is 7.11 Å². The zero-order valence-corrected chi connectivity index (χ0v) is 8.75. The first-order valence-electron chi connectivity index (χ1n) is 4.39. The Bertz CT molecular complexity index is 228. The van der Waals surface area contributed by atoms with Crippen molar-refractivity contribution in [1.82, 2.24) is 0 Å². The molecule has 0 N–H and O–H groups in total. The molecular weight excluding hydrogens is 216 g/mol. The van der Waals surface area contributed by atoms with E-state index in [0.717, 1.165) is 5.92 Å². The summed E-state index contributed by atoms with van der Waals surface area (Å²) in [6, 6.07) is 0. The highest BCUT2D eigenvalue weighted by Gasteiger charge is 2.38. The van der Waals surface area contributed by atoms with Crippen LogP contribution in [-0.2, 0) is 4.74 Å². The molecule has 0 aliphatic heterocycles. The van der Waals surface area contributed by atoms with Gasteiger partial charge in [-0.25, -0.2) is 0 Å². The number of allylic oxidation sites excluding steroid dienone is 2. The smallest absolute Gasteiger partial charge is 0.0831 e. The fourth-order valence-electron chi connectivity index (χ4n) is 1.82. The van der Waals surface area contributed by atoms with Crippen molar-refractivity contribution in [2.24, 2.45) is 11.8 Å². The molecule has 0 aromatic carbocycles. The van der Waals surface area contributed by atoms with Gasteiger partial charge in [0.05, 0.1) is 6.10 Å². The molecule has 0 bridgehead atoms. The molecule has 2 aliphatic rings. The molecule has 2 rings (SSSR count). The highest BCUT2D eigenvalue weighted by Crippen LogP contribution is 2.46. The van der Waals surface area contributed by atoms with Crippen molar-refractivity contribution in [3.05, 3.63) is 22.7 Å². The van der Waals surface area contributed by atoms with Crippen LogP contribution in [0.4, 0.5) is 0 Å². The van der Waals surface area contributed by atoms with Gasteiger partial charge in [0.15, 0.2) is 0 Å². The normalized spacial score (nSPS) is 35.0. The van der Waals surface area contributed by atoms with Gasteiger partial charge in [-0.15, -0.1) is 0 Å². The van der Waals surface area contributed by atoms with Gasteiger partial charge < -0.3 is 4.74 Å². The Morgan fingerprint density at radius 3 is 2.83 bits per heavy atom. The van der Waals surface area contributed by atoms with Crippen LogP contribution in [0.15, 0.2) is 22.7 Å². The molecule has 2 unspecified atom stereocenters. The lowest BCUT2D eigenvalue weighted by molar-refractivity contribution is 0.0965. The summed E-state index contributed by atoms with van der Waals surface area (Å²) in [6.45, 7) is 0. The Labute approximate surface area is 81.6 Å². The van der Waals surface area contributed by atoms with Gasteiger partial charge in [-0.1, -0.05) is 34.2 Å². The van der Waals surface area contributed by atoms with Gasteiger partial charge in [-0.2, -0.15) is 0 Å². The lowest BCUT2D eigenvalue weighted by Gasteiger charge is -2.25. The van der Waals surface area contributed by atoms with E-state index in [0.29, 0.717) is 5.92 Å². The predicted molar refractivity (Wildman–Crippen MR) is 53.2 cm³/mol. The zero-order chi connectivity index (χ0) is 8.55. The van der Waals surface area contributed by atoms with E-state index in [1.165, 1.54) is 17.3 Å². The predicted octanol–water partition coefficient (Wildman–Crippen LogP) is 2.88. The molecule has 0 aromatic heterocycles. The van der Waals surface area contributed by atoms with Crippen LogP contribution in [0.2, 0.25) is 0 Å². The third kappa shape index (κ3) is 1.50. The number of hydrogen-bond acceptors (Lipinski definition) is 1. The third-order valence-electron chi connectivity index (χ3n) is 2.63. The molecule has 2 atom stereocenters. The first-order chi connectivity index (χ1) is 5.83. The molecule has 2 aliphatic carbocycles. The standard InChI is InChI=1S/C10H13BrO/c1-12-9-4-2-3-8(11)10(9)7-5-6-7/h2-4,7,9-10H,5-6H2,1H3. The lowest BCUT2D eigenvalue weighted by atomic mass is 9.93. The average Bonchev–Trinajstić information content (AvgIpc) is 2.87. The topological polar surface area (TPSA) is 9.23 Å². The average molecular weight is 229 g/mol. The Morgan fingerprint density at radius 2 is 2.25 bits per heavy atom. The maximum atomic E-state index is 5.42. The van der Waals surface area contributed by atoms with Crippen molar-refractivity contribution in [3.8, 4) is 0 Å². The summed E-state index contributed by atoms with van der Waals surface area (Å²) in [5.74, 6) is 1.44. The maximum absolute atomic E-state index is 5.42. The molecule has 0 heterocycles. The quantitative estimate of drug-likeness (QED) is 0.707. The molecule has 0 saturated heterocycles.